The largest absolute Gasteiger partial charge is 0.355 e. The number of carbonyl (C=O) groups is 1. The van der Waals surface area contributed by atoms with Gasteiger partial charge in [-0.15, -0.1) is 0 Å². The van der Waals surface area contributed by atoms with E-state index in [-0.39, 0.29) is 28.6 Å². The highest BCUT2D eigenvalue weighted by molar-refractivity contribution is 6.33. The lowest BCUT2D eigenvalue weighted by Crippen LogP contribution is -2.38. The second-order valence-corrected chi connectivity index (χ2v) is 9.16. The van der Waals surface area contributed by atoms with E-state index in [0.29, 0.717) is 6.54 Å². The number of halogens is 2. The van der Waals surface area contributed by atoms with E-state index in [4.69, 9.17) is 27.4 Å². The Kier molecular flexibility index (Phi) is 5.51. The maximum Gasteiger partial charge on any atom is 0.256 e. The Bertz CT molecular complexity index is 1180. The van der Waals surface area contributed by atoms with Crippen LogP contribution in [0.2, 0.25) is 5.02 Å². The van der Waals surface area contributed by atoms with Crippen LogP contribution in [0.5, 0.6) is 0 Å². The van der Waals surface area contributed by atoms with Crippen molar-refractivity contribution in [1.82, 2.24) is 19.5 Å². The summed E-state index contributed by atoms with van der Waals surface area (Å²) >= 11 is 6.22. The Morgan fingerprint density at radius 2 is 2.06 bits per heavy atom. The number of rotatable bonds is 3. The highest BCUT2D eigenvalue weighted by Gasteiger charge is 2.32. The van der Waals surface area contributed by atoms with Crippen LogP contribution in [0.3, 0.4) is 0 Å². The van der Waals surface area contributed by atoms with Gasteiger partial charge in [-0.1, -0.05) is 11.6 Å². The highest BCUT2D eigenvalue weighted by Crippen LogP contribution is 2.34. The molecule has 3 aromatic rings. The lowest BCUT2D eigenvalue weighted by atomic mass is 9.98. The summed E-state index contributed by atoms with van der Waals surface area (Å²) in [6.07, 6.45) is 5.60. The Hall–Kier alpha value is -2.71. The third-order valence-electron chi connectivity index (χ3n) is 6.41. The molecular formula is C23H26ClFN6O. The van der Waals surface area contributed by atoms with E-state index < -0.39 is 5.82 Å². The minimum absolute atomic E-state index is 0.171. The highest BCUT2D eigenvalue weighted by atomic mass is 35.5. The summed E-state index contributed by atoms with van der Waals surface area (Å²) in [6.45, 7) is 4.29. The van der Waals surface area contributed by atoms with Gasteiger partial charge in [-0.25, -0.2) is 13.9 Å². The first-order valence-corrected chi connectivity index (χ1v) is 11.4. The first-order valence-electron chi connectivity index (χ1n) is 11.0. The number of benzene rings is 1. The molecule has 4 heterocycles. The fourth-order valence-electron chi connectivity index (χ4n) is 4.78. The molecule has 2 N–H and O–H groups in total. The van der Waals surface area contributed by atoms with Gasteiger partial charge in [0.05, 0.1) is 22.3 Å². The maximum atomic E-state index is 13.8. The third-order valence-corrected chi connectivity index (χ3v) is 6.74. The Labute approximate surface area is 191 Å². The van der Waals surface area contributed by atoms with Gasteiger partial charge >= 0.3 is 0 Å². The molecule has 2 unspecified atom stereocenters. The monoisotopic (exact) mass is 456 g/mol. The number of anilines is 1. The molecule has 1 amide bonds. The topological polar surface area (TPSA) is 79.8 Å². The summed E-state index contributed by atoms with van der Waals surface area (Å²) in [5, 5.41) is 5.01. The molecule has 0 aliphatic carbocycles. The number of aromatic nitrogens is 3. The van der Waals surface area contributed by atoms with Crippen LogP contribution in [0.1, 0.15) is 53.3 Å². The smallest absolute Gasteiger partial charge is 0.256 e. The summed E-state index contributed by atoms with van der Waals surface area (Å²) in [6, 6.07) is 5.80. The van der Waals surface area contributed by atoms with Gasteiger partial charge in [0.25, 0.3) is 5.91 Å². The number of hydrogen-bond acceptors (Lipinski definition) is 5. The zero-order chi connectivity index (χ0) is 22.4. The van der Waals surface area contributed by atoms with Crippen molar-refractivity contribution in [3.05, 3.63) is 58.1 Å². The van der Waals surface area contributed by atoms with E-state index in [9.17, 15) is 9.18 Å². The van der Waals surface area contributed by atoms with Crippen molar-refractivity contribution in [3.63, 3.8) is 0 Å². The van der Waals surface area contributed by atoms with Gasteiger partial charge in [-0.05, 0) is 50.8 Å². The number of piperidine rings is 1. The molecule has 2 atom stereocenters. The predicted molar refractivity (Wildman–Crippen MR) is 122 cm³/mol. The first kappa shape index (κ1) is 21.2. The molecule has 2 aliphatic rings. The van der Waals surface area contributed by atoms with E-state index in [1.54, 1.807) is 9.42 Å². The number of likely N-dealkylation sites (tertiary alicyclic amines) is 1. The molecule has 5 rings (SSSR count). The van der Waals surface area contributed by atoms with Crippen molar-refractivity contribution in [1.29, 1.82) is 0 Å². The second kappa shape index (κ2) is 8.33. The molecule has 0 saturated carbocycles. The van der Waals surface area contributed by atoms with Crippen molar-refractivity contribution in [2.45, 2.75) is 44.7 Å². The molecule has 9 heteroatoms. The molecule has 2 aromatic heterocycles. The Morgan fingerprint density at radius 3 is 2.84 bits per heavy atom. The molecule has 2 aliphatic heterocycles. The average Bonchev–Trinajstić information content (AvgIpc) is 3.40. The molecule has 0 spiro atoms. The standard InChI is InChI=1S/C23H26ClFN6O/c1-14-12-31-21(27-22(14)29-9-7-16(26)13-29)11-19(28-31)20-4-2-3-8-30(20)23(32)17-10-15(25)5-6-18(17)24/h5-6,10-12,16,20H,2-4,7-9,13,26H2,1H3. The normalized spacial score (nSPS) is 21.5. The van der Waals surface area contributed by atoms with E-state index in [1.165, 1.54) is 18.2 Å². The number of fused-ring (bicyclic) bond motifs is 1. The van der Waals surface area contributed by atoms with Crippen LogP contribution in [-0.4, -0.2) is 51.1 Å². The molecule has 2 saturated heterocycles. The van der Waals surface area contributed by atoms with Crippen molar-refractivity contribution in [2.24, 2.45) is 5.73 Å². The lowest BCUT2D eigenvalue weighted by molar-refractivity contribution is 0.0605. The van der Waals surface area contributed by atoms with E-state index in [0.717, 1.165) is 61.5 Å². The maximum absolute atomic E-state index is 13.8. The molecule has 0 radical (unpaired) electrons. The molecule has 2 fully saturated rings. The number of nitrogens with zero attached hydrogens (tertiary/aromatic N) is 5. The third kappa shape index (κ3) is 3.82. The van der Waals surface area contributed by atoms with Crippen molar-refractivity contribution in [3.8, 4) is 0 Å². The van der Waals surface area contributed by atoms with Gasteiger partial charge in [0.1, 0.15) is 11.6 Å². The van der Waals surface area contributed by atoms with Crippen LogP contribution in [0.15, 0.2) is 30.5 Å². The molecule has 0 bridgehead atoms. The first-order chi connectivity index (χ1) is 15.4. The zero-order valence-corrected chi connectivity index (χ0v) is 18.7. The van der Waals surface area contributed by atoms with Crippen molar-refractivity contribution < 1.29 is 9.18 Å². The van der Waals surface area contributed by atoms with Crippen LogP contribution in [0.4, 0.5) is 10.2 Å². The number of aryl methyl sites for hydroxylation is 1. The van der Waals surface area contributed by atoms with E-state index in [2.05, 4.69) is 4.90 Å². The average molecular weight is 457 g/mol. The molecular weight excluding hydrogens is 431 g/mol. The van der Waals surface area contributed by atoms with Gasteiger partial charge in [0.15, 0.2) is 5.65 Å². The molecule has 7 nitrogen and oxygen atoms in total. The summed E-state index contributed by atoms with van der Waals surface area (Å²) in [7, 11) is 0. The van der Waals surface area contributed by atoms with Crippen LogP contribution < -0.4 is 10.6 Å². The second-order valence-electron chi connectivity index (χ2n) is 8.75. The van der Waals surface area contributed by atoms with Crippen LogP contribution >= 0.6 is 11.6 Å². The number of amides is 1. The van der Waals surface area contributed by atoms with E-state index >= 15 is 0 Å². The van der Waals surface area contributed by atoms with Crippen LogP contribution in [0, 0.1) is 12.7 Å². The zero-order valence-electron chi connectivity index (χ0n) is 18.0. The van der Waals surface area contributed by atoms with Gasteiger partial charge in [-0.2, -0.15) is 5.10 Å². The predicted octanol–water partition coefficient (Wildman–Crippen LogP) is 3.74. The number of carbonyl (C=O) groups excluding carboxylic acids is 1. The SMILES string of the molecule is Cc1cn2nc(C3CCCCN3C(=O)c3cc(F)ccc3Cl)cc2nc1N1CCC(N)C1. The van der Waals surface area contributed by atoms with Gasteiger partial charge in [0.2, 0.25) is 0 Å². The minimum atomic E-state index is -0.479. The lowest BCUT2D eigenvalue weighted by Gasteiger charge is -2.35. The molecule has 32 heavy (non-hydrogen) atoms. The number of hydrogen-bond donors (Lipinski definition) is 1. The van der Waals surface area contributed by atoms with Gasteiger partial charge < -0.3 is 15.5 Å². The van der Waals surface area contributed by atoms with Crippen molar-refractivity contribution in [2.75, 3.05) is 24.5 Å². The number of nitrogens with two attached hydrogens (primary N) is 1. The molecule has 1 aromatic carbocycles. The van der Waals surface area contributed by atoms with Gasteiger partial charge in [0, 0.05) is 43.5 Å². The van der Waals surface area contributed by atoms with E-state index in [1.807, 2.05) is 19.2 Å². The van der Waals surface area contributed by atoms with Crippen molar-refractivity contribution >= 4 is 29.0 Å². The van der Waals surface area contributed by atoms with Crippen LogP contribution in [0.25, 0.3) is 5.65 Å². The summed E-state index contributed by atoms with van der Waals surface area (Å²) in [5.41, 5.74) is 8.82. The summed E-state index contributed by atoms with van der Waals surface area (Å²) < 4.78 is 15.6. The Balaban J connectivity index is 1.48. The Morgan fingerprint density at radius 1 is 1.22 bits per heavy atom. The van der Waals surface area contributed by atoms with Gasteiger partial charge in [-0.3, -0.25) is 4.79 Å². The minimum Gasteiger partial charge on any atom is -0.355 e. The fourth-order valence-corrected chi connectivity index (χ4v) is 4.98. The quantitative estimate of drug-likeness (QED) is 0.649. The fraction of sp³-hybridized carbons (Fsp3) is 0.435. The van der Waals surface area contributed by atoms with Crippen LogP contribution in [-0.2, 0) is 0 Å². The summed E-state index contributed by atoms with van der Waals surface area (Å²) in [5.74, 6) is 0.181. The summed E-state index contributed by atoms with van der Waals surface area (Å²) in [4.78, 5) is 22.1. The molecule has 168 valence electrons.